The van der Waals surface area contributed by atoms with E-state index in [1.807, 2.05) is 19.1 Å². The molecule has 1 aromatic carbocycles. The summed E-state index contributed by atoms with van der Waals surface area (Å²) in [6.07, 6.45) is 3.96. The average Bonchev–Trinajstić information content (AvgIpc) is 2.12. The van der Waals surface area contributed by atoms with Crippen LogP contribution in [0, 0.1) is 5.82 Å². The molecule has 70 valence electrons. The van der Waals surface area contributed by atoms with E-state index in [0.29, 0.717) is 4.47 Å². The molecule has 1 rings (SSSR count). The van der Waals surface area contributed by atoms with Gasteiger partial charge in [0, 0.05) is 12.2 Å². The second kappa shape index (κ2) is 5.02. The predicted octanol–water partition coefficient (Wildman–Crippen LogP) is 3.58. The molecule has 0 amide bonds. The molecule has 0 radical (unpaired) electrons. The lowest BCUT2D eigenvalue weighted by molar-refractivity contribution is 0.621. The molecule has 0 spiro atoms. The van der Waals surface area contributed by atoms with Crippen molar-refractivity contribution < 1.29 is 4.39 Å². The molecular weight excluding hydrogens is 233 g/mol. The van der Waals surface area contributed by atoms with E-state index in [1.165, 1.54) is 6.07 Å². The SMILES string of the molecule is C/C=C/CNc1ccc(F)c(Br)c1. The maximum atomic E-state index is 12.8. The van der Waals surface area contributed by atoms with Crippen molar-refractivity contribution >= 4 is 21.6 Å². The second-order valence-electron chi connectivity index (χ2n) is 2.58. The van der Waals surface area contributed by atoms with Gasteiger partial charge in [0.05, 0.1) is 4.47 Å². The molecule has 3 heteroatoms. The summed E-state index contributed by atoms with van der Waals surface area (Å²) in [5.74, 6) is -0.239. The number of nitrogens with one attached hydrogen (secondary N) is 1. The molecule has 1 aromatic rings. The highest BCUT2D eigenvalue weighted by Crippen LogP contribution is 2.19. The van der Waals surface area contributed by atoms with Crippen LogP contribution in [0.2, 0.25) is 0 Å². The lowest BCUT2D eigenvalue weighted by Gasteiger charge is -2.03. The zero-order valence-electron chi connectivity index (χ0n) is 7.35. The van der Waals surface area contributed by atoms with E-state index in [4.69, 9.17) is 0 Å². The molecule has 1 N–H and O–H groups in total. The minimum absolute atomic E-state index is 0.239. The highest BCUT2D eigenvalue weighted by molar-refractivity contribution is 9.10. The monoisotopic (exact) mass is 243 g/mol. The van der Waals surface area contributed by atoms with Crippen molar-refractivity contribution in [2.75, 3.05) is 11.9 Å². The van der Waals surface area contributed by atoms with Crippen molar-refractivity contribution in [1.82, 2.24) is 0 Å². The molecule has 1 nitrogen and oxygen atoms in total. The van der Waals surface area contributed by atoms with Crippen LogP contribution in [0.15, 0.2) is 34.8 Å². The number of hydrogen-bond acceptors (Lipinski definition) is 1. The Hall–Kier alpha value is -0.830. The minimum atomic E-state index is -0.239. The summed E-state index contributed by atoms with van der Waals surface area (Å²) >= 11 is 3.12. The molecule has 0 aromatic heterocycles. The fourth-order valence-corrected chi connectivity index (χ4v) is 1.28. The van der Waals surface area contributed by atoms with Crippen LogP contribution in [0.1, 0.15) is 6.92 Å². The largest absolute Gasteiger partial charge is 0.382 e. The Morgan fingerprint density at radius 3 is 2.92 bits per heavy atom. The van der Waals surface area contributed by atoms with E-state index >= 15 is 0 Å². The fourth-order valence-electron chi connectivity index (χ4n) is 0.901. The topological polar surface area (TPSA) is 12.0 Å². The summed E-state index contributed by atoms with van der Waals surface area (Å²) in [6, 6.07) is 4.87. The summed E-state index contributed by atoms with van der Waals surface area (Å²) in [5.41, 5.74) is 0.909. The number of rotatable bonds is 3. The Morgan fingerprint density at radius 1 is 1.54 bits per heavy atom. The molecule has 0 fully saturated rings. The summed E-state index contributed by atoms with van der Waals surface area (Å²) in [7, 11) is 0. The minimum Gasteiger partial charge on any atom is -0.382 e. The van der Waals surface area contributed by atoms with Gasteiger partial charge in [-0.1, -0.05) is 12.2 Å². The quantitative estimate of drug-likeness (QED) is 0.801. The van der Waals surface area contributed by atoms with Crippen LogP contribution in [-0.4, -0.2) is 6.54 Å². The molecule has 0 aliphatic heterocycles. The van der Waals surface area contributed by atoms with Gasteiger partial charge in [0.2, 0.25) is 0 Å². The van der Waals surface area contributed by atoms with Crippen molar-refractivity contribution in [3.05, 3.63) is 40.6 Å². The molecular formula is C10H11BrFN. The van der Waals surface area contributed by atoms with E-state index in [9.17, 15) is 4.39 Å². The van der Waals surface area contributed by atoms with Crippen LogP contribution in [0.4, 0.5) is 10.1 Å². The third-order valence-corrected chi connectivity index (χ3v) is 2.19. The Labute approximate surface area is 85.8 Å². The van der Waals surface area contributed by atoms with Crippen LogP contribution in [0.25, 0.3) is 0 Å². The number of halogens is 2. The Morgan fingerprint density at radius 2 is 2.31 bits per heavy atom. The third kappa shape index (κ3) is 3.19. The van der Waals surface area contributed by atoms with Gasteiger partial charge >= 0.3 is 0 Å². The highest BCUT2D eigenvalue weighted by atomic mass is 79.9. The fraction of sp³-hybridized carbons (Fsp3) is 0.200. The van der Waals surface area contributed by atoms with Crippen LogP contribution in [-0.2, 0) is 0 Å². The second-order valence-corrected chi connectivity index (χ2v) is 3.43. The van der Waals surface area contributed by atoms with Crippen molar-refractivity contribution in [3.8, 4) is 0 Å². The molecule has 0 saturated heterocycles. The molecule has 0 aliphatic carbocycles. The van der Waals surface area contributed by atoms with Crippen molar-refractivity contribution in [3.63, 3.8) is 0 Å². The lowest BCUT2D eigenvalue weighted by atomic mass is 10.3. The van der Waals surface area contributed by atoms with Gasteiger partial charge in [-0.05, 0) is 41.1 Å². The van der Waals surface area contributed by atoms with Gasteiger partial charge in [0.15, 0.2) is 0 Å². The number of allylic oxidation sites excluding steroid dienone is 1. The predicted molar refractivity (Wildman–Crippen MR) is 57.4 cm³/mol. The molecule has 0 bridgehead atoms. The lowest BCUT2D eigenvalue weighted by Crippen LogP contribution is -1.97. The molecule has 0 atom stereocenters. The van der Waals surface area contributed by atoms with Gasteiger partial charge in [-0.15, -0.1) is 0 Å². The first-order chi connectivity index (χ1) is 6.24. The summed E-state index contributed by atoms with van der Waals surface area (Å²) < 4.78 is 13.3. The van der Waals surface area contributed by atoms with Crippen LogP contribution in [0.5, 0.6) is 0 Å². The van der Waals surface area contributed by atoms with Gasteiger partial charge in [-0.2, -0.15) is 0 Å². The van der Waals surface area contributed by atoms with Gasteiger partial charge in [-0.25, -0.2) is 4.39 Å². The van der Waals surface area contributed by atoms with Crippen LogP contribution in [0.3, 0.4) is 0 Å². The smallest absolute Gasteiger partial charge is 0.137 e. The van der Waals surface area contributed by atoms with Gasteiger partial charge in [0.1, 0.15) is 5.82 Å². The number of benzene rings is 1. The molecule has 0 heterocycles. The maximum absolute atomic E-state index is 12.8. The first-order valence-corrected chi connectivity index (χ1v) is 4.83. The Kier molecular flexibility index (Phi) is 3.96. The first-order valence-electron chi connectivity index (χ1n) is 4.04. The van der Waals surface area contributed by atoms with Crippen molar-refractivity contribution in [2.45, 2.75) is 6.92 Å². The summed E-state index contributed by atoms with van der Waals surface area (Å²) in [6.45, 7) is 2.72. The molecule has 0 aliphatic rings. The maximum Gasteiger partial charge on any atom is 0.137 e. The van der Waals surface area contributed by atoms with E-state index in [2.05, 4.69) is 21.2 Å². The standard InChI is InChI=1S/C10H11BrFN/c1-2-3-6-13-8-4-5-10(12)9(11)7-8/h2-5,7,13H,6H2,1H3/b3-2+. The van der Waals surface area contributed by atoms with Crippen LogP contribution >= 0.6 is 15.9 Å². The molecule has 0 saturated carbocycles. The van der Waals surface area contributed by atoms with Crippen molar-refractivity contribution in [1.29, 1.82) is 0 Å². The zero-order valence-corrected chi connectivity index (χ0v) is 8.94. The van der Waals surface area contributed by atoms with E-state index in [-0.39, 0.29) is 5.82 Å². The molecule has 13 heavy (non-hydrogen) atoms. The van der Waals surface area contributed by atoms with E-state index in [0.717, 1.165) is 12.2 Å². The zero-order chi connectivity index (χ0) is 9.68. The first kappa shape index (κ1) is 10.3. The van der Waals surface area contributed by atoms with Gasteiger partial charge < -0.3 is 5.32 Å². The van der Waals surface area contributed by atoms with Gasteiger partial charge in [-0.3, -0.25) is 0 Å². The summed E-state index contributed by atoms with van der Waals surface area (Å²) in [5, 5.41) is 3.13. The molecule has 0 unspecified atom stereocenters. The Balaban J connectivity index is 2.63. The van der Waals surface area contributed by atoms with Crippen LogP contribution < -0.4 is 5.32 Å². The average molecular weight is 244 g/mol. The number of anilines is 1. The third-order valence-electron chi connectivity index (χ3n) is 1.58. The van der Waals surface area contributed by atoms with E-state index < -0.39 is 0 Å². The highest BCUT2D eigenvalue weighted by Gasteiger charge is 1.98. The normalized spacial score (nSPS) is 10.7. The van der Waals surface area contributed by atoms with Gasteiger partial charge in [0.25, 0.3) is 0 Å². The Bertz CT molecular complexity index is 310. The number of hydrogen-bond donors (Lipinski definition) is 1. The summed E-state index contributed by atoms with van der Waals surface area (Å²) in [4.78, 5) is 0. The van der Waals surface area contributed by atoms with Crippen molar-refractivity contribution in [2.24, 2.45) is 0 Å². The van der Waals surface area contributed by atoms with E-state index in [1.54, 1.807) is 12.1 Å².